The molecule has 1 heterocycles. The van der Waals surface area contributed by atoms with E-state index in [-0.39, 0.29) is 12.0 Å². The molecular formula is C16H14F3N3O2S. The topological polar surface area (TPSA) is 86.0 Å². The number of amides is 1. The largest absolute Gasteiger partial charge is 0.386 e. The predicted molar refractivity (Wildman–Crippen MR) is 85.7 cm³/mol. The summed E-state index contributed by atoms with van der Waals surface area (Å²) in [6.45, 7) is -1.19. The molecule has 25 heavy (non-hydrogen) atoms. The van der Waals surface area contributed by atoms with Gasteiger partial charge >= 0.3 is 6.43 Å². The van der Waals surface area contributed by atoms with Gasteiger partial charge in [0.1, 0.15) is 17.8 Å². The molecule has 2 aromatic rings. The highest BCUT2D eigenvalue weighted by Gasteiger charge is 2.26. The Bertz CT molecular complexity index is 759. The van der Waals surface area contributed by atoms with Crippen LogP contribution in [0.4, 0.5) is 13.2 Å². The van der Waals surface area contributed by atoms with Gasteiger partial charge in [-0.25, -0.2) is 9.37 Å². The van der Waals surface area contributed by atoms with Crippen molar-refractivity contribution in [3.8, 4) is 16.5 Å². The van der Waals surface area contributed by atoms with E-state index in [9.17, 15) is 23.1 Å². The zero-order valence-corrected chi connectivity index (χ0v) is 13.6. The van der Waals surface area contributed by atoms with Crippen LogP contribution in [0, 0.1) is 11.3 Å². The Morgan fingerprint density at radius 3 is 2.60 bits per heavy atom. The minimum Gasteiger partial charge on any atom is -0.386 e. The first-order chi connectivity index (χ1) is 12.0. The smallest absolute Gasteiger partial charge is 0.315 e. The molecule has 0 spiro atoms. The Balaban J connectivity index is 2.11. The van der Waals surface area contributed by atoms with E-state index in [4.69, 9.17) is 5.26 Å². The van der Waals surface area contributed by atoms with E-state index in [0.29, 0.717) is 5.01 Å². The molecule has 9 heteroatoms. The molecule has 0 unspecified atom stereocenters. The first-order valence-corrected chi connectivity index (χ1v) is 8.02. The van der Waals surface area contributed by atoms with Crippen molar-refractivity contribution in [1.29, 1.82) is 5.26 Å². The van der Waals surface area contributed by atoms with Gasteiger partial charge in [-0.05, 0) is 11.1 Å². The van der Waals surface area contributed by atoms with Crippen LogP contribution < -0.4 is 5.32 Å². The van der Waals surface area contributed by atoms with Crippen LogP contribution in [0.2, 0.25) is 0 Å². The summed E-state index contributed by atoms with van der Waals surface area (Å²) in [5.41, 5.74) is 1.06. The third-order valence-electron chi connectivity index (χ3n) is 3.39. The number of carbonyl (C=O) groups excluding carboxylic acids is 1. The van der Waals surface area contributed by atoms with Crippen LogP contribution >= 0.6 is 11.3 Å². The van der Waals surface area contributed by atoms with Crippen molar-refractivity contribution in [3.05, 3.63) is 41.0 Å². The fraction of sp³-hybridized carbons (Fsp3) is 0.312. The van der Waals surface area contributed by atoms with Gasteiger partial charge < -0.3 is 10.4 Å². The molecule has 0 saturated carbocycles. The van der Waals surface area contributed by atoms with Crippen molar-refractivity contribution < 1.29 is 23.1 Å². The van der Waals surface area contributed by atoms with Crippen molar-refractivity contribution in [1.82, 2.24) is 10.3 Å². The number of nitrogens with zero attached hydrogens (tertiary/aromatic N) is 2. The molecule has 0 fully saturated rings. The van der Waals surface area contributed by atoms with Gasteiger partial charge in [0.15, 0.2) is 0 Å². The van der Waals surface area contributed by atoms with E-state index in [1.54, 1.807) is 23.6 Å². The molecule has 2 N–H and O–H groups in total. The van der Waals surface area contributed by atoms with Gasteiger partial charge in [0.2, 0.25) is 0 Å². The van der Waals surface area contributed by atoms with Gasteiger partial charge in [-0.2, -0.15) is 14.0 Å². The minimum atomic E-state index is -3.28. The van der Waals surface area contributed by atoms with Gasteiger partial charge in [-0.1, -0.05) is 24.3 Å². The van der Waals surface area contributed by atoms with E-state index in [1.807, 2.05) is 6.07 Å². The van der Waals surface area contributed by atoms with Crippen LogP contribution in [0.15, 0.2) is 30.5 Å². The second-order valence-corrected chi connectivity index (χ2v) is 6.21. The number of alkyl halides is 3. The number of thiazole rings is 1. The molecule has 2 atom stereocenters. The number of rotatable bonds is 7. The number of halogens is 3. The number of aromatic nitrogens is 1. The third kappa shape index (κ3) is 4.78. The zero-order valence-electron chi connectivity index (χ0n) is 12.8. The number of benzene rings is 1. The Morgan fingerprint density at radius 2 is 2.04 bits per heavy atom. The standard InChI is InChI=1S/C16H14F3N3O2S/c17-7-11(22-16(24)15(18)19)14(23)10-3-1-9(2-4-10)12-8-21-13(25-12)5-6-20/h1-4,8,11,14-15,23H,5,7H2,(H,22,24)/t11-,14-/m1/s1. The maximum atomic E-state index is 13.0. The van der Waals surface area contributed by atoms with Gasteiger partial charge in [-0.15, -0.1) is 11.3 Å². The van der Waals surface area contributed by atoms with Crippen molar-refractivity contribution in [2.75, 3.05) is 6.67 Å². The number of aliphatic hydroxyl groups is 1. The Morgan fingerprint density at radius 1 is 1.36 bits per heavy atom. The number of nitrogens with one attached hydrogen (secondary N) is 1. The highest BCUT2D eigenvalue weighted by Crippen LogP contribution is 2.28. The van der Waals surface area contributed by atoms with Gasteiger partial charge in [0.05, 0.1) is 23.4 Å². The molecular weight excluding hydrogens is 355 g/mol. The van der Waals surface area contributed by atoms with Crippen LogP contribution in [0.5, 0.6) is 0 Å². The molecule has 1 aromatic carbocycles. The maximum Gasteiger partial charge on any atom is 0.315 e. The highest BCUT2D eigenvalue weighted by atomic mass is 32.1. The summed E-state index contributed by atoms with van der Waals surface area (Å²) in [7, 11) is 0. The second-order valence-electron chi connectivity index (χ2n) is 5.09. The van der Waals surface area contributed by atoms with Crippen molar-refractivity contribution in [3.63, 3.8) is 0 Å². The molecule has 0 saturated heterocycles. The Labute approximate surface area is 145 Å². The fourth-order valence-corrected chi connectivity index (χ4v) is 2.97. The molecule has 0 aliphatic heterocycles. The summed E-state index contributed by atoms with van der Waals surface area (Å²) in [4.78, 5) is 15.9. The van der Waals surface area contributed by atoms with Gasteiger partial charge in [0, 0.05) is 6.20 Å². The highest BCUT2D eigenvalue weighted by molar-refractivity contribution is 7.15. The normalized spacial score (nSPS) is 13.3. The lowest BCUT2D eigenvalue weighted by atomic mass is 10.0. The molecule has 2 rings (SSSR count). The fourth-order valence-electron chi connectivity index (χ4n) is 2.12. The van der Waals surface area contributed by atoms with E-state index in [2.05, 4.69) is 4.98 Å². The summed E-state index contributed by atoms with van der Waals surface area (Å²) in [5, 5.41) is 21.2. The van der Waals surface area contributed by atoms with Crippen LogP contribution in [0.25, 0.3) is 10.4 Å². The molecule has 0 bridgehead atoms. The number of aliphatic hydroxyl groups excluding tert-OH is 1. The molecule has 0 aliphatic carbocycles. The van der Waals surface area contributed by atoms with E-state index < -0.39 is 31.2 Å². The quantitative estimate of drug-likeness (QED) is 0.786. The monoisotopic (exact) mass is 369 g/mol. The Kier molecular flexibility index (Phi) is 6.50. The van der Waals surface area contributed by atoms with Crippen LogP contribution in [0.3, 0.4) is 0 Å². The van der Waals surface area contributed by atoms with Gasteiger partial charge in [0.25, 0.3) is 5.91 Å². The maximum absolute atomic E-state index is 13.0. The molecule has 1 amide bonds. The van der Waals surface area contributed by atoms with E-state index in [1.165, 1.54) is 23.5 Å². The SMILES string of the molecule is N#CCc1ncc(-c2ccc([C@@H](O)[C@@H](CF)NC(=O)C(F)F)cc2)s1. The van der Waals surface area contributed by atoms with E-state index in [0.717, 1.165) is 10.4 Å². The third-order valence-corrected chi connectivity index (χ3v) is 4.44. The van der Waals surface area contributed by atoms with Crippen molar-refractivity contribution in [2.24, 2.45) is 0 Å². The predicted octanol–water partition coefficient (Wildman–Crippen LogP) is 2.63. The summed E-state index contributed by atoms with van der Waals surface area (Å²) in [6.07, 6.45) is -2.91. The lowest BCUT2D eigenvalue weighted by Crippen LogP contribution is -2.43. The van der Waals surface area contributed by atoms with E-state index >= 15 is 0 Å². The second kappa shape index (κ2) is 8.60. The Hall–Kier alpha value is -2.44. The average molecular weight is 369 g/mol. The lowest BCUT2D eigenvalue weighted by Gasteiger charge is -2.21. The first-order valence-electron chi connectivity index (χ1n) is 7.20. The van der Waals surface area contributed by atoms with Crippen LogP contribution in [-0.4, -0.2) is 35.1 Å². The van der Waals surface area contributed by atoms with Crippen molar-refractivity contribution in [2.45, 2.75) is 25.0 Å². The van der Waals surface area contributed by atoms with Crippen molar-refractivity contribution >= 4 is 17.2 Å². The summed E-state index contributed by atoms with van der Waals surface area (Å²) in [5.74, 6) is -1.63. The zero-order chi connectivity index (χ0) is 18.4. The average Bonchev–Trinajstić information content (AvgIpc) is 3.08. The molecule has 1 aromatic heterocycles. The summed E-state index contributed by atoms with van der Waals surface area (Å²) in [6, 6.07) is 6.89. The number of carbonyl (C=O) groups is 1. The van der Waals surface area contributed by atoms with Crippen LogP contribution in [-0.2, 0) is 11.2 Å². The molecule has 0 radical (unpaired) electrons. The summed E-state index contributed by atoms with van der Waals surface area (Å²) < 4.78 is 37.5. The molecule has 5 nitrogen and oxygen atoms in total. The first kappa shape index (κ1) is 18.9. The van der Waals surface area contributed by atoms with Crippen LogP contribution in [0.1, 0.15) is 16.7 Å². The number of hydrogen-bond acceptors (Lipinski definition) is 5. The van der Waals surface area contributed by atoms with Gasteiger partial charge in [-0.3, -0.25) is 4.79 Å². The molecule has 0 aliphatic rings. The minimum absolute atomic E-state index is 0.212. The summed E-state index contributed by atoms with van der Waals surface area (Å²) >= 11 is 1.35. The lowest BCUT2D eigenvalue weighted by molar-refractivity contribution is -0.133. The number of nitriles is 1. The molecule has 132 valence electrons. The number of hydrogen-bond donors (Lipinski definition) is 2.